The zero-order valence-corrected chi connectivity index (χ0v) is 14.3. The van der Waals surface area contributed by atoms with Crippen LogP contribution in [0, 0.1) is 5.92 Å². The van der Waals surface area contributed by atoms with Crippen LogP contribution in [-0.4, -0.2) is 66.2 Å². The molecule has 0 unspecified atom stereocenters. The minimum atomic E-state index is -1.03. The Morgan fingerprint density at radius 2 is 1.78 bits per heavy atom. The number of carbonyl (C=O) groups is 2. The monoisotopic (exact) mass is 323 g/mol. The Bertz CT molecular complexity index is 430. The molecule has 1 fully saturated rings. The molecule has 1 aliphatic rings. The fourth-order valence-corrected chi connectivity index (χ4v) is 2.78. The summed E-state index contributed by atoms with van der Waals surface area (Å²) < 4.78 is 0. The van der Waals surface area contributed by atoms with Crippen molar-refractivity contribution in [1.29, 1.82) is 0 Å². The topological polar surface area (TPSA) is 72.9 Å². The molecule has 0 atom stereocenters. The van der Waals surface area contributed by atoms with Gasteiger partial charge in [-0.25, -0.2) is 4.79 Å². The Kier molecular flexibility index (Phi) is 7.29. The highest BCUT2D eigenvalue weighted by Crippen LogP contribution is 2.20. The standard InChI is InChI=1S/C17H29N3O3/c1-5-9-17(23,10-6-2)13-18-15(21)14-7-11-20(12-8-14)16(22)19(3)4/h5-6,14,23H,1-2,7-13H2,3-4H3,(H,18,21). The van der Waals surface area contributed by atoms with E-state index in [2.05, 4.69) is 18.5 Å². The van der Waals surface area contributed by atoms with Crippen LogP contribution in [0.1, 0.15) is 25.7 Å². The third-order valence-electron chi connectivity index (χ3n) is 4.16. The van der Waals surface area contributed by atoms with Crippen molar-refractivity contribution >= 4 is 11.9 Å². The van der Waals surface area contributed by atoms with Gasteiger partial charge < -0.3 is 20.2 Å². The molecule has 6 nitrogen and oxygen atoms in total. The van der Waals surface area contributed by atoms with E-state index >= 15 is 0 Å². The van der Waals surface area contributed by atoms with Gasteiger partial charge in [0.1, 0.15) is 0 Å². The molecule has 0 aromatic carbocycles. The third-order valence-corrected chi connectivity index (χ3v) is 4.16. The molecule has 3 amide bonds. The van der Waals surface area contributed by atoms with Gasteiger partial charge in [0, 0.05) is 39.6 Å². The fourth-order valence-electron chi connectivity index (χ4n) is 2.78. The Balaban J connectivity index is 2.46. The highest BCUT2D eigenvalue weighted by Gasteiger charge is 2.30. The number of carbonyl (C=O) groups excluding carboxylic acids is 2. The number of hydrogen-bond donors (Lipinski definition) is 2. The highest BCUT2D eigenvalue weighted by molar-refractivity contribution is 5.79. The Hall–Kier alpha value is -1.82. The van der Waals surface area contributed by atoms with Crippen molar-refractivity contribution in [2.75, 3.05) is 33.7 Å². The van der Waals surface area contributed by atoms with Gasteiger partial charge in [0.25, 0.3) is 0 Å². The van der Waals surface area contributed by atoms with E-state index in [-0.39, 0.29) is 24.4 Å². The van der Waals surface area contributed by atoms with Crippen LogP contribution in [0.3, 0.4) is 0 Å². The van der Waals surface area contributed by atoms with Crippen molar-refractivity contribution < 1.29 is 14.7 Å². The van der Waals surface area contributed by atoms with Crippen molar-refractivity contribution in [3.8, 4) is 0 Å². The summed E-state index contributed by atoms with van der Waals surface area (Å²) in [6, 6.07) is -0.0183. The van der Waals surface area contributed by atoms with Crippen molar-refractivity contribution in [3.63, 3.8) is 0 Å². The summed E-state index contributed by atoms with van der Waals surface area (Å²) in [5.74, 6) is -0.175. The van der Waals surface area contributed by atoms with Gasteiger partial charge in [-0.05, 0) is 25.7 Å². The number of nitrogens with one attached hydrogen (secondary N) is 1. The largest absolute Gasteiger partial charge is 0.387 e. The van der Waals surface area contributed by atoms with Gasteiger partial charge in [-0.2, -0.15) is 0 Å². The predicted molar refractivity (Wildman–Crippen MR) is 91.0 cm³/mol. The van der Waals surface area contributed by atoms with Crippen LogP contribution in [0.5, 0.6) is 0 Å². The van der Waals surface area contributed by atoms with Gasteiger partial charge in [0.2, 0.25) is 5.91 Å². The Morgan fingerprint density at radius 1 is 1.26 bits per heavy atom. The molecule has 1 aliphatic heterocycles. The number of aliphatic hydroxyl groups is 1. The van der Waals surface area contributed by atoms with E-state index < -0.39 is 5.60 Å². The molecular formula is C17H29N3O3. The molecule has 0 saturated carbocycles. The molecule has 0 spiro atoms. The lowest BCUT2D eigenvalue weighted by Crippen LogP contribution is -2.48. The number of rotatable bonds is 7. The van der Waals surface area contributed by atoms with Crippen molar-refractivity contribution in [2.24, 2.45) is 5.92 Å². The van der Waals surface area contributed by atoms with E-state index in [0.717, 1.165) is 0 Å². The van der Waals surface area contributed by atoms with E-state index in [4.69, 9.17) is 0 Å². The number of piperidine rings is 1. The number of urea groups is 1. The minimum Gasteiger partial charge on any atom is -0.387 e. The summed E-state index contributed by atoms with van der Waals surface area (Å²) in [7, 11) is 3.45. The second kappa shape index (κ2) is 8.72. The molecule has 6 heteroatoms. The molecule has 2 N–H and O–H groups in total. The average molecular weight is 323 g/mol. The van der Waals surface area contributed by atoms with E-state index in [1.807, 2.05) is 0 Å². The van der Waals surface area contributed by atoms with Crippen molar-refractivity contribution in [3.05, 3.63) is 25.3 Å². The highest BCUT2D eigenvalue weighted by atomic mass is 16.3. The van der Waals surface area contributed by atoms with Crippen molar-refractivity contribution in [1.82, 2.24) is 15.1 Å². The Labute approximate surface area is 138 Å². The molecule has 1 rings (SSSR count). The number of nitrogens with zero attached hydrogens (tertiary/aromatic N) is 2. The minimum absolute atomic E-state index is 0.0183. The molecule has 0 radical (unpaired) electrons. The van der Waals surface area contributed by atoms with Gasteiger partial charge in [0.15, 0.2) is 0 Å². The maximum Gasteiger partial charge on any atom is 0.319 e. The first kappa shape index (κ1) is 19.2. The first-order valence-electron chi connectivity index (χ1n) is 8.01. The summed E-state index contributed by atoms with van der Waals surface area (Å²) >= 11 is 0. The lowest BCUT2D eigenvalue weighted by Gasteiger charge is -2.33. The van der Waals surface area contributed by atoms with Crippen LogP contribution in [0.15, 0.2) is 25.3 Å². The number of likely N-dealkylation sites (tertiary alicyclic amines) is 1. The third kappa shape index (κ3) is 5.71. The van der Waals surface area contributed by atoms with Gasteiger partial charge in [-0.15, -0.1) is 13.2 Å². The van der Waals surface area contributed by atoms with Crippen molar-refractivity contribution in [2.45, 2.75) is 31.3 Å². The van der Waals surface area contributed by atoms with Gasteiger partial charge in [-0.3, -0.25) is 4.79 Å². The maximum atomic E-state index is 12.3. The first-order chi connectivity index (χ1) is 10.8. The summed E-state index contributed by atoms with van der Waals surface area (Å²) in [4.78, 5) is 27.5. The molecule has 1 heterocycles. The maximum absolute atomic E-state index is 12.3. The van der Waals surface area contributed by atoms with E-state index in [0.29, 0.717) is 38.8 Å². The molecule has 1 saturated heterocycles. The average Bonchev–Trinajstić information content (AvgIpc) is 2.52. The zero-order valence-electron chi connectivity index (χ0n) is 14.3. The second-order valence-electron chi connectivity index (χ2n) is 6.37. The number of amides is 3. The van der Waals surface area contributed by atoms with Crippen LogP contribution >= 0.6 is 0 Å². The van der Waals surface area contributed by atoms with Crippen LogP contribution < -0.4 is 5.32 Å². The van der Waals surface area contributed by atoms with Gasteiger partial charge in [0.05, 0.1) is 5.60 Å². The van der Waals surface area contributed by atoms with Crippen LogP contribution in [-0.2, 0) is 4.79 Å². The van der Waals surface area contributed by atoms with E-state index in [1.54, 1.807) is 36.0 Å². The fraction of sp³-hybridized carbons (Fsp3) is 0.647. The lowest BCUT2D eigenvalue weighted by atomic mass is 9.93. The normalized spacial score (nSPS) is 15.9. The van der Waals surface area contributed by atoms with Gasteiger partial charge >= 0.3 is 6.03 Å². The summed E-state index contributed by atoms with van der Waals surface area (Å²) in [5, 5.41) is 13.2. The SMILES string of the molecule is C=CCC(O)(CC=C)CNC(=O)C1CCN(C(=O)N(C)C)CC1. The molecule has 0 aromatic heterocycles. The smallest absolute Gasteiger partial charge is 0.319 e. The molecule has 0 aromatic rings. The molecule has 130 valence electrons. The lowest BCUT2D eigenvalue weighted by molar-refractivity contribution is -0.127. The predicted octanol–water partition coefficient (Wildman–Crippen LogP) is 1.38. The first-order valence-corrected chi connectivity index (χ1v) is 8.01. The molecule has 23 heavy (non-hydrogen) atoms. The Morgan fingerprint density at radius 3 is 2.22 bits per heavy atom. The van der Waals surface area contributed by atoms with E-state index in [9.17, 15) is 14.7 Å². The molecular weight excluding hydrogens is 294 g/mol. The quantitative estimate of drug-likeness (QED) is 0.695. The van der Waals surface area contributed by atoms with Crippen LogP contribution in [0.2, 0.25) is 0 Å². The summed E-state index contributed by atoms with van der Waals surface area (Å²) in [6.07, 6.45) is 5.37. The number of hydrogen-bond acceptors (Lipinski definition) is 3. The van der Waals surface area contributed by atoms with Gasteiger partial charge in [-0.1, -0.05) is 12.2 Å². The van der Waals surface area contributed by atoms with Crippen LogP contribution in [0.4, 0.5) is 4.79 Å². The summed E-state index contributed by atoms with van der Waals surface area (Å²) in [5.41, 5.74) is -1.03. The second-order valence-corrected chi connectivity index (χ2v) is 6.37. The zero-order chi connectivity index (χ0) is 17.5. The molecule has 0 aliphatic carbocycles. The molecule has 0 bridgehead atoms. The van der Waals surface area contributed by atoms with E-state index in [1.165, 1.54) is 0 Å². The van der Waals surface area contributed by atoms with Crippen LogP contribution in [0.25, 0.3) is 0 Å². The summed E-state index contributed by atoms with van der Waals surface area (Å²) in [6.45, 7) is 8.62.